The van der Waals surface area contributed by atoms with Gasteiger partial charge >= 0.3 is 5.63 Å². The number of aryl methyl sites for hydroxylation is 2. The number of ether oxygens (including phenoxy) is 1. The number of likely N-dealkylation sites (tertiary alicyclic amines) is 1. The minimum Gasteiger partial charge on any atom is -0.483 e. The molecule has 2 atom stereocenters. The van der Waals surface area contributed by atoms with Gasteiger partial charge in [0.25, 0.3) is 5.91 Å². The van der Waals surface area contributed by atoms with Crippen LogP contribution in [0.3, 0.4) is 0 Å². The maximum absolute atomic E-state index is 12.9. The summed E-state index contributed by atoms with van der Waals surface area (Å²) >= 11 is 0. The molecule has 1 N–H and O–H groups in total. The molecule has 6 nitrogen and oxygen atoms in total. The first-order valence-corrected chi connectivity index (χ1v) is 11.1. The van der Waals surface area contributed by atoms with E-state index >= 15 is 0 Å². The molecule has 6 heteroatoms. The lowest BCUT2D eigenvalue weighted by Gasteiger charge is -2.47. The second-order valence-corrected chi connectivity index (χ2v) is 8.90. The fraction of sp³-hybridized carbons (Fsp3) is 0.583. The maximum Gasteiger partial charge on any atom is 0.336 e. The molecule has 2 aliphatic rings. The summed E-state index contributed by atoms with van der Waals surface area (Å²) in [4.78, 5) is 26.6. The van der Waals surface area contributed by atoms with E-state index in [1.165, 1.54) is 6.07 Å². The Labute approximate surface area is 176 Å². The van der Waals surface area contributed by atoms with Gasteiger partial charge in [-0.15, -0.1) is 0 Å². The Kier molecular flexibility index (Phi) is 5.87. The summed E-state index contributed by atoms with van der Waals surface area (Å²) in [5.41, 5.74) is 1.32. The van der Waals surface area contributed by atoms with Gasteiger partial charge in [0.15, 0.2) is 6.61 Å². The van der Waals surface area contributed by atoms with Crippen molar-refractivity contribution in [2.45, 2.75) is 64.4 Å². The smallest absolute Gasteiger partial charge is 0.336 e. The molecule has 1 aromatic carbocycles. The lowest BCUT2D eigenvalue weighted by Crippen LogP contribution is -2.55. The van der Waals surface area contributed by atoms with Gasteiger partial charge in [-0.2, -0.15) is 0 Å². The number of carbonyl (C=O) groups is 1. The predicted molar refractivity (Wildman–Crippen MR) is 115 cm³/mol. The van der Waals surface area contributed by atoms with Crippen molar-refractivity contribution in [1.82, 2.24) is 4.90 Å². The quantitative estimate of drug-likeness (QED) is 0.758. The topological polar surface area (TPSA) is 80.0 Å². The average molecular weight is 414 g/mol. The number of amides is 1. The maximum atomic E-state index is 12.9. The largest absolute Gasteiger partial charge is 0.483 e. The van der Waals surface area contributed by atoms with E-state index < -0.39 is 5.60 Å². The number of carbonyl (C=O) groups excluding carboxylic acids is 1. The van der Waals surface area contributed by atoms with Crippen LogP contribution in [0.15, 0.2) is 27.4 Å². The molecule has 30 heavy (non-hydrogen) atoms. The first-order valence-electron chi connectivity index (χ1n) is 11.1. The highest BCUT2D eigenvalue weighted by atomic mass is 16.5. The third kappa shape index (κ3) is 4.10. The first kappa shape index (κ1) is 20.9. The third-order valence-corrected chi connectivity index (χ3v) is 6.68. The van der Waals surface area contributed by atoms with Crippen molar-refractivity contribution in [3.8, 4) is 5.75 Å². The van der Waals surface area contributed by atoms with E-state index in [4.69, 9.17) is 9.15 Å². The van der Waals surface area contributed by atoms with Crippen LogP contribution in [0, 0.1) is 12.8 Å². The van der Waals surface area contributed by atoms with E-state index in [9.17, 15) is 14.7 Å². The van der Waals surface area contributed by atoms with Crippen LogP contribution in [-0.2, 0) is 11.2 Å². The number of benzene rings is 1. The number of rotatable bonds is 5. The minimum atomic E-state index is -0.602. The molecule has 2 aromatic rings. The van der Waals surface area contributed by atoms with Crippen LogP contribution in [0.2, 0.25) is 0 Å². The number of hydrogen-bond donors (Lipinski definition) is 1. The molecule has 1 aliphatic heterocycles. The molecule has 2 fully saturated rings. The Morgan fingerprint density at radius 3 is 2.93 bits per heavy atom. The Morgan fingerprint density at radius 2 is 2.13 bits per heavy atom. The summed E-state index contributed by atoms with van der Waals surface area (Å²) in [6.45, 7) is 5.08. The zero-order valence-corrected chi connectivity index (χ0v) is 17.9. The molecular formula is C24H31NO5. The van der Waals surface area contributed by atoms with E-state index in [1.54, 1.807) is 0 Å². The van der Waals surface area contributed by atoms with Crippen molar-refractivity contribution in [2.24, 2.45) is 5.92 Å². The highest BCUT2D eigenvalue weighted by Crippen LogP contribution is 2.39. The number of piperidine rings is 1. The molecular weight excluding hydrogens is 382 g/mol. The van der Waals surface area contributed by atoms with Crippen LogP contribution < -0.4 is 10.4 Å². The van der Waals surface area contributed by atoms with E-state index in [0.29, 0.717) is 30.8 Å². The van der Waals surface area contributed by atoms with Crippen LogP contribution >= 0.6 is 0 Å². The van der Waals surface area contributed by atoms with E-state index in [1.807, 2.05) is 24.0 Å². The minimum absolute atomic E-state index is 0.0611. The third-order valence-electron chi connectivity index (χ3n) is 6.68. The SMILES string of the molecule is CCCc1cc(=O)oc2cc(C)cc(OCC(=O)N3CC[C@@]4(O)CCCC[C@H]4C3)c12. The monoisotopic (exact) mass is 413 g/mol. The number of aliphatic hydroxyl groups is 1. The Morgan fingerprint density at radius 1 is 1.30 bits per heavy atom. The van der Waals surface area contributed by atoms with Crippen LogP contribution in [0.25, 0.3) is 11.0 Å². The van der Waals surface area contributed by atoms with Crippen molar-refractivity contribution in [3.05, 3.63) is 39.7 Å². The van der Waals surface area contributed by atoms with E-state index in [-0.39, 0.29) is 24.1 Å². The molecule has 162 valence electrons. The Bertz CT molecular complexity index is 997. The van der Waals surface area contributed by atoms with Crippen LogP contribution in [-0.4, -0.2) is 41.2 Å². The molecule has 1 saturated heterocycles. The summed E-state index contributed by atoms with van der Waals surface area (Å²) < 4.78 is 11.4. The molecule has 1 aromatic heterocycles. The zero-order chi connectivity index (χ0) is 21.3. The van der Waals surface area contributed by atoms with Gasteiger partial charge in [0, 0.05) is 25.1 Å². The fourth-order valence-electron chi connectivity index (χ4n) is 5.08. The molecule has 1 amide bonds. The van der Waals surface area contributed by atoms with Gasteiger partial charge in [0.05, 0.1) is 11.0 Å². The molecule has 0 spiro atoms. The summed E-state index contributed by atoms with van der Waals surface area (Å²) in [5.74, 6) is 0.678. The van der Waals surface area contributed by atoms with Crippen molar-refractivity contribution >= 4 is 16.9 Å². The van der Waals surface area contributed by atoms with Crippen LogP contribution in [0.5, 0.6) is 5.75 Å². The van der Waals surface area contributed by atoms with Crippen molar-refractivity contribution < 1.29 is 19.1 Å². The summed E-state index contributed by atoms with van der Waals surface area (Å²) in [5, 5.41) is 11.6. The molecule has 0 radical (unpaired) electrons. The van der Waals surface area contributed by atoms with Crippen molar-refractivity contribution in [3.63, 3.8) is 0 Å². The number of nitrogens with zero attached hydrogens (tertiary/aromatic N) is 1. The molecule has 0 unspecified atom stereocenters. The first-order chi connectivity index (χ1) is 14.4. The predicted octanol–water partition coefficient (Wildman–Crippen LogP) is 3.59. The second-order valence-electron chi connectivity index (χ2n) is 8.90. The molecule has 1 saturated carbocycles. The summed E-state index contributed by atoms with van der Waals surface area (Å²) in [6.07, 6.45) is 6.28. The summed E-state index contributed by atoms with van der Waals surface area (Å²) in [7, 11) is 0. The van der Waals surface area contributed by atoms with Gasteiger partial charge in [0.2, 0.25) is 0 Å². The van der Waals surface area contributed by atoms with Crippen molar-refractivity contribution in [2.75, 3.05) is 19.7 Å². The highest BCUT2D eigenvalue weighted by molar-refractivity contribution is 5.88. The highest BCUT2D eigenvalue weighted by Gasteiger charge is 2.43. The molecule has 1 aliphatic carbocycles. The number of fused-ring (bicyclic) bond motifs is 2. The van der Waals surface area contributed by atoms with Gasteiger partial charge in [0.1, 0.15) is 11.3 Å². The Hall–Kier alpha value is -2.34. The van der Waals surface area contributed by atoms with Crippen molar-refractivity contribution in [1.29, 1.82) is 0 Å². The standard InChI is InChI=1S/C24H31NO5/c1-3-6-17-13-22(27)30-20-12-16(2)11-19(23(17)20)29-15-21(26)25-10-9-24(28)8-5-4-7-18(24)14-25/h11-13,18,28H,3-10,14-15H2,1-2H3/t18-,24-/m0/s1. The fourth-order valence-corrected chi connectivity index (χ4v) is 5.08. The lowest BCUT2D eigenvalue weighted by molar-refractivity contribution is -0.145. The van der Waals surface area contributed by atoms with Crippen LogP contribution in [0.4, 0.5) is 0 Å². The van der Waals surface area contributed by atoms with Gasteiger partial charge in [-0.1, -0.05) is 26.2 Å². The second kappa shape index (κ2) is 8.42. The van der Waals surface area contributed by atoms with Gasteiger partial charge in [-0.05, 0) is 55.9 Å². The van der Waals surface area contributed by atoms with E-state index in [2.05, 4.69) is 6.92 Å². The molecule has 2 heterocycles. The van der Waals surface area contributed by atoms with Gasteiger partial charge in [-0.25, -0.2) is 4.79 Å². The molecule has 0 bridgehead atoms. The summed E-state index contributed by atoms with van der Waals surface area (Å²) in [6, 6.07) is 5.24. The number of hydrogen-bond acceptors (Lipinski definition) is 5. The van der Waals surface area contributed by atoms with Crippen LogP contribution in [0.1, 0.15) is 56.6 Å². The Balaban J connectivity index is 1.52. The van der Waals surface area contributed by atoms with E-state index in [0.717, 1.165) is 55.0 Å². The molecule has 4 rings (SSSR count). The van der Waals surface area contributed by atoms with Gasteiger partial charge in [-0.3, -0.25) is 4.79 Å². The lowest BCUT2D eigenvalue weighted by atomic mass is 9.71. The van der Waals surface area contributed by atoms with Gasteiger partial charge < -0.3 is 19.2 Å². The average Bonchev–Trinajstić information content (AvgIpc) is 2.70. The normalized spacial score (nSPS) is 24.0. The zero-order valence-electron chi connectivity index (χ0n) is 17.9.